The Morgan fingerprint density at radius 2 is 1.80 bits per heavy atom. The highest BCUT2D eigenvalue weighted by molar-refractivity contribution is 6.29. The molecule has 20 heavy (non-hydrogen) atoms. The van der Waals surface area contributed by atoms with Gasteiger partial charge in [0.25, 0.3) is 0 Å². The second kappa shape index (κ2) is 7.13. The molecule has 0 saturated carbocycles. The topological polar surface area (TPSA) is 19.4 Å². The van der Waals surface area contributed by atoms with Gasteiger partial charge >= 0.3 is 6.18 Å². The fraction of sp³-hybridized carbons (Fsp3) is 0.615. The summed E-state index contributed by atoms with van der Waals surface area (Å²) in [6, 6.07) is 1.90. The van der Waals surface area contributed by atoms with Crippen LogP contribution in [0.25, 0.3) is 0 Å². The van der Waals surface area contributed by atoms with E-state index in [1.165, 1.54) is 0 Å². The van der Waals surface area contributed by atoms with E-state index in [4.69, 9.17) is 11.6 Å². The molecule has 3 nitrogen and oxygen atoms in total. The highest BCUT2D eigenvalue weighted by Gasteiger charge is 2.32. The van der Waals surface area contributed by atoms with E-state index in [9.17, 15) is 13.2 Å². The molecule has 1 aromatic heterocycles. The third-order valence-electron chi connectivity index (χ3n) is 2.74. The highest BCUT2D eigenvalue weighted by atomic mass is 35.5. The number of rotatable bonds is 6. The highest BCUT2D eigenvalue weighted by Crippen LogP contribution is 2.32. The average molecular weight is 310 g/mol. The maximum absolute atomic E-state index is 12.8. The van der Waals surface area contributed by atoms with Crippen molar-refractivity contribution in [3.63, 3.8) is 0 Å². The van der Waals surface area contributed by atoms with E-state index >= 15 is 0 Å². The first-order valence-electron chi connectivity index (χ1n) is 6.38. The lowest BCUT2D eigenvalue weighted by Gasteiger charge is -2.25. The predicted octanol–water partition coefficient (Wildman–Crippen LogP) is 3.53. The molecule has 0 fully saturated rings. The largest absolute Gasteiger partial charge is 0.416 e. The van der Waals surface area contributed by atoms with Crippen LogP contribution < -0.4 is 4.90 Å². The van der Waals surface area contributed by atoms with E-state index in [0.29, 0.717) is 13.1 Å². The molecule has 0 radical (unpaired) electrons. The van der Waals surface area contributed by atoms with Gasteiger partial charge in [0, 0.05) is 19.6 Å². The van der Waals surface area contributed by atoms with Gasteiger partial charge in [-0.2, -0.15) is 13.2 Å². The quantitative estimate of drug-likeness (QED) is 0.749. The van der Waals surface area contributed by atoms with Crippen LogP contribution in [0.15, 0.2) is 12.1 Å². The summed E-state index contributed by atoms with van der Waals surface area (Å²) in [4.78, 5) is 7.81. The summed E-state index contributed by atoms with van der Waals surface area (Å²) in [6.45, 7) is 3.94. The number of hydrogen-bond acceptors (Lipinski definition) is 3. The Balaban J connectivity index is 3.03. The number of pyridine rings is 1. The monoisotopic (exact) mass is 309 g/mol. The SMILES string of the molecule is CCCN(CCN(C)C)c1cc(C(F)(F)F)cc(Cl)n1. The van der Waals surface area contributed by atoms with Crippen LogP contribution in [0.1, 0.15) is 18.9 Å². The minimum absolute atomic E-state index is 0.138. The fourth-order valence-corrected chi connectivity index (χ4v) is 1.94. The molecule has 0 bridgehead atoms. The maximum Gasteiger partial charge on any atom is 0.416 e. The van der Waals surface area contributed by atoms with Gasteiger partial charge in [-0.3, -0.25) is 0 Å². The van der Waals surface area contributed by atoms with Gasteiger partial charge in [0.05, 0.1) is 5.56 Å². The van der Waals surface area contributed by atoms with Crippen molar-refractivity contribution in [2.24, 2.45) is 0 Å². The Morgan fingerprint density at radius 3 is 2.30 bits per heavy atom. The lowest BCUT2D eigenvalue weighted by molar-refractivity contribution is -0.137. The van der Waals surface area contributed by atoms with E-state index in [1.807, 2.05) is 30.8 Å². The molecule has 1 aromatic rings. The molecule has 0 aliphatic heterocycles. The normalized spacial score (nSPS) is 12.0. The maximum atomic E-state index is 12.8. The first-order chi connectivity index (χ1) is 9.24. The minimum Gasteiger partial charge on any atom is -0.355 e. The van der Waals surface area contributed by atoms with Crippen LogP contribution in [-0.4, -0.2) is 43.6 Å². The van der Waals surface area contributed by atoms with Gasteiger partial charge in [0.15, 0.2) is 0 Å². The van der Waals surface area contributed by atoms with Gasteiger partial charge < -0.3 is 9.80 Å². The number of nitrogens with zero attached hydrogens (tertiary/aromatic N) is 3. The zero-order chi connectivity index (χ0) is 15.3. The molecule has 0 aliphatic carbocycles. The summed E-state index contributed by atoms with van der Waals surface area (Å²) in [6.07, 6.45) is -3.59. The molecule has 0 N–H and O–H groups in total. The van der Waals surface area contributed by atoms with Crippen molar-refractivity contribution < 1.29 is 13.2 Å². The molecule has 1 rings (SSSR count). The smallest absolute Gasteiger partial charge is 0.355 e. The van der Waals surface area contributed by atoms with Crippen LogP contribution in [0, 0.1) is 0 Å². The Morgan fingerprint density at radius 1 is 1.15 bits per heavy atom. The zero-order valence-corrected chi connectivity index (χ0v) is 12.6. The predicted molar refractivity (Wildman–Crippen MR) is 75.3 cm³/mol. The number of hydrogen-bond donors (Lipinski definition) is 0. The fourth-order valence-electron chi connectivity index (χ4n) is 1.74. The van der Waals surface area contributed by atoms with Gasteiger partial charge in [-0.05, 0) is 32.6 Å². The standard InChI is InChI=1S/C13H19ClF3N3/c1-4-5-20(7-6-19(2)3)12-9-10(13(15,16)17)8-11(14)18-12/h8-9H,4-7H2,1-3H3. The van der Waals surface area contributed by atoms with Crippen LogP contribution in [0.5, 0.6) is 0 Å². The summed E-state index contributed by atoms with van der Waals surface area (Å²) in [5, 5.41) is -0.138. The minimum atomic E-state index is -4.42. The molecule has 0 unspecified atom stereocenters. The Hall–Kier alpha value is -1.01. The van der Waals surface area contributed by atoms with Crippen molar-refractivity contribution in [1.29, 1.82) is 0 Å². The number of aromatic nitrogens is 1. The lowest BCUT2D eigenvalue weighted by Crippen LogP contribution is -2.33. The summed E-state index contributed by atoms with van der Waals surface area (Å²) in [5.74, 6) is 0.272. The zero-order valence-electron chi connectivity index (χ0n) is 11.8. The molecule has 0 saturated heterocycles. The van der Waals surface area contributed by atoms with Gasteiger partial charge in [0.1, 0.15) is 11.0 Å². The molecule has 1 heterocycles. The lowest BCUT2D eigenvalue weighted by atomic mass is 10.2. The van der Waals surface area contributed by atoms with Crippen LogP contribution >= 0.6 is 11.6 Å². The Kier molecular flexibility index (Phi) is 6.07. The number of anilines is 1. The first-order valence-corrected chi connectivity index (χ1v) is 6.76. The summed E-state index contributed by atoms with van der Waals surface area (Å²) in [7, 11) is 3.83. The first kappa shape index (κ1) is 17.0. The third kappa shape index (κ3) is 5.17. The third-order valence-corrected chi connectivity index (χ3v) is 2.94. The van der Waals surface area contributed by atoms with Crippen LogP contribution in [0.4, 0.5) is 19.0 Å². The van der Waals surface area contributed by atoms with Crippen LogP contribution in [0.2, 0.25) is 5.15 Å². The van der Waals surface area contributed by atoms with E-state index in [0.717, 1.165) is 25.1 Å². The average Bonchev–Trinajstić information content (AvgIpc) is 2.32. The van der Waals surface area contributed by atoms with Crippen molar-refractivity contribution in [1.82, 2.24) is 9.88 Å². The second-order valence-corrected chi connectivity index (χ2v) is 5.21. The Labute approximate surface area is 122 Å². The van der Waals surface area contributed by atoms with E-state index in [-0.39, 0.29) is 11.0 Å². The van der Waals surface area contributed by atoms with Crippen LogP contribution in [0.3, 0.4) is 0 Å². The summed E-state index contributed by atoms with van der Waals surface area (Å²) >= 11 is 5.71. The van der Waals surface area contributed by atoms with Crippen molar-refractivity contribution in [2.75, 3.05) is 38.6 Å². The van der Waals surface area contributed by atoms with Gasteiger partial charge in [0.2, 0.25) is 0 Å². The molecular formula is C13H19ClF3N3. The summed E-state index contributed by atoms with van der Waals surface area (Å²) < 4.78 is 38.4. The van der Waals surface area contributed by atoms with Crippen molar-refractivity contribution >= 4 is 17.4 Å². The van der Waals surface area contributed by atoms with E-state index in [1.54, 1.807) is 0 Å². The van der Waals surface area contributed by atoms with Gasteiger partial charge in [-0.25, -0.2) is 4.98 Å². The number of alkyl halides is 3. The van der Waals surface area contributed by atoms with Gasteiger partial charge in [-0.15, -0.1) is 0 Å². The second-order valence-electron chi connectivity index (χ2n) is 4.82. The van der Waals surface area contributed by atoms with Crippen molar-refractivity contribution in [3.05, 3.63) is 22.8 Å². The Bertz CT molecular complexity index is 435. The molecule has 7 heteroatoms. The van der Waals surface area contributed by atoms with Crippen molar-refractivity contribution in [3.8, 4) is 0 Å². The molecular weight excluding hydrogens is 291 g/mol. The van der Waals surface area contributed by atoms with Gasteiger partial charge in [-0.1, -0.05) is 18.5 Å². The molecule has 0 amide bonds. The summed E-state index contributed by atoms with van der Waals surface area (Å²) in [5.41, 5.74) is -0.765. The molecule has 0 atom stereocenters. The molecule has 114 valence electrons. The van der Waals surface area contributed by atoms with E-state index < -0.39 is 11.7 Å². The number of likely N-dealkylation sites (N-methyl/N-ethyl adjacent to an activating group) is 1. The van der Waals surface area contributed by atoms with Crippen molar-refractivity contribution in [2.45, 2.75) is 19.5 Å². The van der Waals surface area contributed by atoms with E-state index in [2.05, 4.69) is 4.98 Å². The van der Waals surface area contributed by atoms with Crippen LogP contribution in [-0.2, 0) is 6.18 Å². The molecule has 0 aromatic carbocycles. The molecule has 0 spiro atoms. The molecule has 0 aliphatic rings. The number of halogens is 4.